The summed E-state index contributed by atoms with van der Waals surface area (Å²) in [4.78, 5) is 12.0. The standard InChI is InChI=1S/C16H23NO6/c1-9-2-4-10(5-3-9)6-7-12(19)17-13-15(21)14(20)11(8-18)23-16(13)22/h2-5,11,13-16,18,20-22H,6-8H2,1H3,(H,17,19). The van der Waals surface area contributed by atoms with E-state index in [2.05, 4.69) is 5.32 Å². The summed E-state index contributed by atoms with van der Waals surface area (Å²) in [6, 6.07) is 6.65. The van der Waals surface area contributed by atoms with Crippen LogP contribution in [0.3, 0.4) is 0 Å². The van der Waals surface area contributed by atoms with Gasteiger partial charge in [0.05, 0.1) is 6.61 Å². The van der Waals surface area contributed by atoms with Crippen LogP contribution >= 0.6 is 0 Å². The van der Waals surface area contributed by atoms with E-state index in [0.29, 0.717) is 6.42 Å². The van der Waals surface area contributed by atoms with Gasteiger partial charge in [-0.05, 0) is 18.9 Å². The molecule has 1 aromatic rings. The number of hydrogen-bond acceptors (Lipinski definition) is 6. The van der Waals surface area contributed by atoms with Crippen LogP contribution in [0, 0.1) is 6.92 Å². The highest BCUT2D eigenvalue weighted by Crippen LogP contribution is 2.20. The van der Waals surface area contributed by atoms with Crippen LogP contribution in [0.25, 0.3) is 0 Å². The van der Waals surface area contributed by atoms with Crippen molar-refractivity contribution in [3.05, 3.63) is 35.4 Å². The van der Waals surface area contributed by atoms with Gasteiger partial charge in [-0.15, -0.1) is 0 Å². The molecule has 0 aromatic heterocycles. The van der Waals surface area contributed by atoms with Crippen LogP contribution in [0.15, 0.2) is 24.3 Å². The van der Waals surface area contributed by atoms with E-state index in [1.165, 1.54) is 0 Å². The van der Waals surface area contributed by atoms with Gasteiger partial charge < -0.3 is 30.5 Å². The molecule has 0 aliphatic carbocycles. The van der Waals surface area contributed by atoms with Gasteiger partial charge in [0.15, 0.2) is 6.29 Å². The third kappa shape index (κ3) is 4.49. The second-order valence-corrected chi connectivity index (χ2v) is 5.81. The normalized spacial score (nSPS) is 30.9. The fourth-order valence-corrected chi connectivity index (χ4v) is 2.52. The first kappa shape index (κ1) is 17.8. The summed E-state index contributed by atoms with van der Waals surface area (Å²) in [6.45, 7) is 1.44. The molecule has 1 aliphatic heterocycles. The van der Waals surface area contributed by atoms with Crippen molar-refractivity contribution in [2.45, 2.75) is 50.4 Å². The molecular weight excluding hydrogens is 302 g/mol. The van der Waals surface area contributed by atoms with E-state index in [1.807, 2.05) is 31.2 Å². The maximum atomic E-state index is 12.0. The van der Waals surface area contributed by atoms with Crippen molar-refractivity contribution in [1.82, 2.24) is 5.32 Å². The van der Waals surface area contributed by atoms with Crippen LogP contribution in [0.2, 0.25) is 0 Å². The van der Waals surface area contributed by atoms with Crippen molar-refractivity contribution in [2.75, 3.05) is 6.61 Å². The van der Waals surface area contributed by atoms with Crippen molar-refractivity contribution in [1.29, 1.82) is 0 Å². The molecule has 1 heterocycles. The van der Waals surface area contributed by atoms with Crippen molar-refractivity contribution >= 4 is 5.91 Å². The topological polar surface area (TPSA) is 119 Å². The van der Waals surface area contributed by atoms with E-state index in [0.717, 1.165) is 11.1 Å². The summed E-state index contributed by atoms with van der Waals surface area (Å²) in [5.41, 5.74) is 2.14. The molecule has 0 saturated carbocycles. The number of rotatable bonds is 5. The minimum atomic E-state index is -1.49. The van der Waals surface area contributed by atoms with Crippen LogP contribution in [-0.4, -0.2) is 63.6 Å². The molecule has 1 aliphatic rings. The highest BCUT2D eigenvalue weighted by molar-refractivity contribution is 5.76. The first-order chi connectivity index (χ1) is 10.9. The van der Waals surface area contributed by atoms with Crippen LogP contribution < -0.4 is 5.32 Å². The molecule has 5 unspecified atom stereocenters. The Morgan fingerprint density at radius 2 is 1.83 bits per heavy atom. The van der Waals surface area contributed by atoms with E-state index in [-0.39, 0.29) is 12.3 Å². The first-order valence-corrected chi connectivity index (χ1v) is 7.58. The number of hydrogen-bond donors (Lipinski definition) is 5. The number of carbonyl (C=O) groups excluding carboxylic acids is 1. The second kappa shape index (κ2) is 7.85. The van der Waals surface area contributed by atoms with E-state index < -0.39 is 37.3 Å². The van der Waals surface area contributed by atoms with Gasteiger partial charge in [0.1, 0.15) is 24.4 Å². The summed E-state index contributed by atoms with van der Waals surface area (Å²) in [6.07, 6.45) is -4.67. The Hall–Kier alpha value is -1.51. The lowest BCUT2D eigenvalue weighted by Gasteiger charge is -2.40. The molecule has 5 atom stereocenters. The molecule has 128 valence electrons. The summed E-state index contributed by atoms with van der Waals surface area (Å²) >= 11 is 0. The van der Waals surface area contributed by atoms with E-state index in [1.54, 1.807) is 0 Å². The Morgan fingerprint density at radius 3 is 2.43 bits per heavy atom. The summed E-state index contributed by atoms with van der Waals surface area (Å²) < 4.78 is 4.99. The lowest BCUT2D eigenvalue weighted by Crippen LogP contribution is -2.64. The number of aryl methyl sites for hydroxylation is 2. The van der Waals surface area contributed by atoms with Gasteiger partial charge >= 0.3 is 0 Å². The molecule has 1 aromatic carbocycles. The molecule has 0 spiro atoms. The molecule has 0 radical (unpaired) electrons. The molecule has 5 N–H and O–H groups in total. The quantitative estimate of drug-likeness (QED) is 0.466. The fraction of sp³-hybridized carbons (Fsp3) is 0.562. The zero-order valence-corrected chi connectivity index (χ0v) is 12.9. The van der Waals surface area contributed by atoms with Crippen molar-refractivity contribution in [3.8, 4) is 0 Å². The SMILES string of the molecule is Cc1ccc(CCC(=O)NC2C(O)OC(CO)C(O)C2O)cc1. The molecule has 1 amide bonds. The molecule has 7 heteroatoms. The Labute approximate surface area is 134 Å². The van der Waals surface area contributed by atoms with Crippen LogP contribution in [0.1, 0.15) is 17.5 Å². The van der Waals surface area contributed by atoms with Gasteiger partial charge in [-0.1, -0.05) is 29.8 Å². The number of benzene rings is 1. The fourth-order valence-electron chi connectivity index (χ4n) is 2.52. The Morgan fingerprint density at radius 1 is 1.17 bits per heavy atom. The molecule has 1 fully saturated rings. The number of carbonyl (C=O) groups is 1. The molecular formula is C16H23NO6. The smallest absolute Gasteiger partial charge is 0.220 e. The maximum absolute atomic E-state index is 12.0. The van der Waals surface area contributed by atoms with Gasteiger partial charge in [0, 0.05) is 6.42 Å². The Bertz CT molecular complexity index is 520. The Balaban J connectivity index is 1.87. The molecule has 7 nitrogen and oxygen atoms in total. The molecule has 2 rings (SSSR count). The minimum absolute atomic E-state index is 0.179. The number of aliphatic hydroxyl groups excluding tert-OH is 4. The predicted octanol–water partition coefficient (Wildman–Crippen LogP) is -1.16. The number of aliphatic hydroxyl groups is 4. The zero-order chi connectivity index (χ0) is 17.0. The highest BCUT2D eigenvalue weighted by Gasteiger charge is 2.44. The number of nitrogens with one attached hydrogen (secondary N) is 1. The van der Waals surface area contributed by atoms with Crippen molar-refractivity contribution < 1.29 is 30.0 Å². The minimum Gasteiger partial charge on any atom is -0.394 e. The van der Waals surface area contributed by atoms with Crippen molar-refractivity contribution in [2.24, 2.45) is 0 Å². The van der Waals surface area contributed by atoms with Crippen molar-refractivity contribution in [3.63, 3.8) is 0 Å². The third-order valence-corrected chi connectivity index (χ3v) is 3.99. The summed E-state index contributed by atoms with van der Waals surface area (Å²) in [7, 11) is 0. The maximum Gasteiger partial charge on any atom is 0.220 e. The predicted molar refractivity (Wildman–Crippen MR) is 81.4 cm³/mol. The monoisotopic (exact) mass is 325 g/mol. The largest absolute Gasteiger partial charge is 0.394 e. The molecule has 1 saturated heterocycles. The zero-order valence-electron chi connectivity index (χ0n) is 12.9. The average molecular weight is 325 g/mol. The number of amides is 1. The van der Waals surface area contributed by atoms with E-state index in [4.69, 9.17) is 9.84 Å². The average Bonchev–Trinajstić information content (AvgIpc) is 2.54. The molecule has 23 heavy (non-hydrogen) atoms. The van der Waals surface area contributed by atoms with E-state index in [9.17, 15) is 20.1 Å². The molecule has 0 bridgehead atoms. The van der Waals surface area contributed by atoms with Gasteiger partial charge in [-0.2, -0.15) is 0 Å². The Kier molecular flexibility index (Phi) is 6.09. The van der Waals surface area contributed by atoms with Crippen LogP contribution in [0.5, 0.6) is 0 Å². The van der Waals surface area contributed by atoms with Gasteiger partial charge in [0.25, 0.3) is 0 Å². The van der Waals surface area contributed by atoms with E-state index >= 15 is 0 Å². The van der Waals surface area contributed by atoms with Crippen LogP contribution in [0.4, 0.5) is 0 Å². The van der Waals surface area contributed by atoms with Gasteiger partial charge in [-0.25, -0.2) is 0 Å². The van der Waals surface area contributed by atoms with Gasteiger partial charge in [-0.3, -0.25) is 4.79 Å². The first-order valence-electron chi connectivity index (χ1n) is 7.58. The summed E-state index contributed by atoms with van der Waals surface area (Å²) in [5.74, 6) is -0.369. The summed E-state index contributed by atoms with van der Waals surface area (Å²) in [5, 5.41) is 41.0. The number of ether oxygens (including phenoxy) is 1. The lowest BCUT2D eigenvalue weighted by atomic mass is 9.97. The van der Waals surface area contributed by atoms with Gasteiger partial charge in [0.2, 0.25) is 5.91 Å². The van der Waals surface area contributed by atoms with Crippen LogP contribution in [-0.2, 0) is 16.0 Å². The second-order valence-electron chi connectivity index (χ2n) is 5.81. The lowest BCUT2D eigenvalue weighted by molar-refractivity contribution is -0.253. The highest BCUT2D eigenvalue weighted by atomic mass is 16.6. The third-order valence-electron chi connectivity index (χ3n) is 3.99.